The Morgan fingerprint density at radius 1 is 1.26 bits per heavy atom. The molecule has 0 amide bonds. The number of rotatable bonds is 2. The molecule has 0 saturated heterocycles. The summed E-state index contributed by atoms with van der Waals surface area (Å²) in [5.74, 6) is -0.988. The van der Waals surface area contributed by atoms with Crippen LogP contribution in [0.1, 0.15) is 23.6 Å². The Hall–Kier alpha value is -1.82. The van der Waals surface area contributed by atoms with Crippen LogP contribution in [-0.4, -0.2) is 17.6 Å². The summed E-state index contributed by atoms with van der Waals surface area (Å²) >= 11 is 0. The molecule has 1 aliphatic heterocycles. The van der Waals surface area contributed by atoms with Gasteiger partial charge in [-0.15, -0.1) is 0 Å². The van der Waals surface area contributed by atoms with Crippen LogP contribution in [0.15, 0.2) is 35.9 Å². The molecule has 0 fully saturated rings. The van der Waals surface area contributed by atoms with E-state index in [0.717, 1.165) is 12.1 Å². The highest BCUT2D eigenvalue weighted by atomic mass is 19.4. The van der Waals surface area contributed by atoms with Crippen molar-refractivity contribution in [1.82, 2.24) is 5.32 Å². The summed E-state index contributed by atoms with van der Waals surface area (Å²) in [6.45, 7) is 0.490. The molecule has 1 heterocycles. The van der Waals surface area contributed by atoms with E-state index in [1.54, 1.807) is 0 Å². The van der Waals surface area contributed by atoms with Gasteiger partial charge in [0.1, 0.15) is 0 Å². The van der Waals surface area contributed by atoms with Crippen molar-refractivity contribution in [2.45, 2.75) is 18.6 Å². The first-order valence-corrected chi connectivity index (χ1v) is 5.72. The topological polar surface area (TPSA) is 49.3 Å². The van der Waals surface area contributed by atoms with Gasteiger partial charge in [0.25, 0.3) is 0 Å². The Morgan fingerprint density at radius 3 is 2.42 bits per heavy atom. The van der Waals surface area contributed by atoms with E-state index in [2.05, 4.69) is 5.32 Å². The average Bonchev–Trinajstić information content (AvgIpc) is 2.38. The number of halogens is 3. The molecule has 0 aromatic heterocycles. The lowest BCUT2D eigenvalue weighted by Crippen LogP contribution is -2.27. The fourth-order valence-electron chi connectivity index (χ4n) is 1.98. The van der Waals surface area contributed by atoms with Gasteiger partial charge in [-0.3, -0.25) is 0 Å². The van der Waals surface area contributed by atoms with Crippen molar-refractivity contribution in [1.29, 1.82) is 0 Å². The maximum absolute atomic E-state index is 12.4. The third-order valence-corrected chi connectivity index (χ3v) is 3.00. The molecule has 1 aromatic carbocycles. The SMILES string of the molecule is O=C(O)C1=CC(c2ccc(C(F)(F)F)cc2)NCC1. The molecule has 0 spiro atoms. The number of carboxylic acid groups (broad SMARTS) is 1. The zero-order valence-electron chi connectivity index (χ0n) is 9.87. The van der Waals surface area contributed by atoms with E-state index in [1.807, 2.05) is 0 Å². The van der Waals surface area contributed by atoms with Crippen molar-refractivity contribution < 1.29 is 23.1 Å². The molecule has 3 nitrogen and oxygen atoms in total. The molecule has 0 bridgehead atoms. The van der Waals surface area contributed by atoms with Gasteiger partial charge in [0, 0.05) is 12.1 Å². The van der Waals surface area contributed by atoms with Crippen LogP contribution in [0.2, 0.25) is 0 Å². The number of aliphatic carboxylic acids is 1. The minimum absolute atomic E-state index is 0.281. The highest BCUT2D eigenvalue weighted by Gasteiger charge is 2.30. The minimum Gasteiger partial charge on any atom is -0.478 e. The number of nitrogens with one attached hydrogen (secondary N) is 1. The molecule has 1 atom stereocenters. The van der Waals surface area contributed by atoms with E-state index in [1.165, 1.54) is 18.2 Å². The zero-order valence-corrected chi connectivity index (χ0v) is 9.87. The van der Waals surface area contributed by atoms with Gasteiger partial charge in [-0.25, -0.2) is 4.79 Å². The van der Waals surface area contributed by atoms with E-state index in [4.69, 9.17) is 5.11 Å². The molecule has 6 heteroatoms. The second kappa shape index (κ2) is 5.05. The van der Waals surface area contributed by atoms with Gasteiger partial charge in [-0.05, 0) is 24.1 Å². The summed E-state index contributed by atoms with van der Waals surface area (Å²) in [5.41, 5.74) is 0.185. The molecule has 0 aliphatic carbocycles. The predicted octanol–water partition coefficient (Wildman–Crippen LogP) is 2.75. The molecule has 0 radical (unpaired) electrons. The smallest absolute Gasteiger partial charge is 0.416 e. The molecule has 1 aliphatic rings. The Bertz CT molecular complexity index is 506. The lowest BCUT2D eigenvalue weighted by Gasteiger charge is -2.21. The largest absolute Gasteiger partial charge is 0.478 e. The summed E-state index contributed by atoms with van der Waals surface area (Å²) in [6, 6.07) is 4.37. The maximum Gasteiger partial charge on any atom is 0.416 e. The predicted molar refractivity (Wildman–Crippen MR) is 62.5 cm³/mol. The Balaban J connectivity index is 2.23. The van der Waals surface area contributed by atoms with Crippen molar-refractivity contribution in [3.63, 3.8) is 0 Å². The highest BCUT2D eigenvalue weighted by Crippen LogP contribution is 2.30. The summed E-state index contributed by atoms with van der Waals surface area (Å²) in [7, 11) is 0. The van der Waals surface area contributed by atoms with Crippen molar-refractivity contribution >= 4 is 5.97 Å². The van der Waals surface area contributed by atoms with Crippen LogP contribution >= 0.6 is 0 Å². The Morgan fingerprint density at radius 2 is 1.89 bits per heavy atom. The third kappa shape index (κ3) is 3.14. The molecular weight excluding hydrogens is 259 g/mol. The summed E-state index contributed by atoms with van der Waals surface area (Å²) in [6.07, 6.45) is -2.42. The van der Waals surface area contributed by atoms with Gasteiger partial charge >= 0.3 is 12.1 Å². The molecule has 0 saturated carbocycles. The molecule has 2 rings (SSSR count). The summed E-state index contributed by atoms with van der Waals surface area (Å²) < 4.78 is 37.3. The maximum atomic E-state index is 12.4. The van der Waals surface area contributed by atoms with Crippen LogP contribution in [0.25, 0.3) is 0 Å². The fraction of sp³-hybridized carbons (Fsp3) is 0.308. The molecule has 102 valence electrons. The van der Waals surface area contributed by atoms with Gasteiger partial charge in [-0.1, -0.05) is 18.2 Å². The number of alkyl halides is 3. The molecule has 2 N–H and O–H groups in total. The third-order valence-electron chi connectivity index (χ3n) is 3.00. The first-order valence-electron chi connectivity index (χ1n) is 5.72. The molecule has 19 heavy (non-hydrogen) atoms. The quantitative estimate of drug-likeness (QED) is 0.869. The number of carbonyl (C=O) groups is 1. The van der Waals surface area contributed by atoms with Crippen molar-refractivity contribution in [3.05, 3.63) is 47.0 Å². The van der Waals surface area contributed by atoms with Crippen LogP contribution in [0.3, 0.4) is 0 Å². The lowest BCUT2D eigenvalue weighted by atomic mass is 9.98. The minimum atomic E-state index is -4.36. The zero-order chi connectivity index (χ0) is 14.0. The second-order valence-electron chi connectivity index (χ2n) is 4.30. The van der Waals surface area contributed by atoms with E-state index in [-0.39, 0.29) is 11.6 Å². The molecular formula is C13H12F3NO2. The Kier molecular flexibility index (Phi) is 3.61. The number of carboxylic acids is 1. The van der Waals surface area contributed by atoms with Crippen molar-refractivity contribution in [2.75, 3.05) is 6.54 Å². The van der Waals surface area contributed by atoms with E-state index in [9.17, 15) is 18.0 Å². The molecule has 1 aromatic rings. The first kappa shape index (κ1) is 13.6. The molecule has 1 unspecified atom stereocenters. The van der Waals surface area contributed by atoms with Gasteiger partial charge < -0.3 is 10.4 Å². The average molecular weight is 271 g/mol. The Labute approximate surface area is 107 Å². The number of benzene rings is 1. The van der Waals surface area contributed by atoms with Crippen LogP contribution in [0.5, 0.6) is 0 Å². The second-order valence-corrected chi connectivity index (χ2v) is 4.30. The summed E-state index contributed by atoms with van der Waals surface area (Å²) in [5, 5.41) is 12.0. The van der Waals surface area contributed by atoms with E-state index in [0.29, 0.717) is 18.5 Å². The van der Waals surface area contributed by atoms with Crippen LogP contribution in [0, 0.1) is 0 Å². The lowest BCUT2D eigenvalue weighted by molar-refractivity contribution is -0.137. The number of hydrogen-bond donors (Lipinski definition) is 2. The number of hydrogen-bond acceptors (Lipinski definition) is 2. The first-order chi connectivity index (χ1) is 8.88. The normalized spacial score (nSPS) is 19.9. The summed E-state index contributed by atoms with van der Waals surface area (Å²) in [4.78, 5) is 10.9. The fourth-order valence-corrected chi connectivity index (χ4v) is 1.98. The van der Waals surface area contributed by atoms with E-state index >= 15 is 0 Å². The highest BCUT2D eigenvalue weighted by molar-refractivity contribution is 5.86. The van der Waals surface area contributed by atoms with Crippen molar-refractivity contribution in [3.8, 4) is 0 Å². The van der Waals surface area contributed by atoms with Gasteiger partial charge in [-0.2, -0.15) is 13.2 Å². The standard InChI is InChI=1S/C13H12F3NO2/c14-13(15,16)10-3-1-8(2-4-10)11-7-9(12(18)19)5-6-17-11/h1-4,7,11,17H,5-6H2,(H,18,19). The van der Waals surface area contributed by atoms with E-state index < -0.39 is 17.7 Å². The monoisotopic (exact) mass is 271 g/mol. The van der Waals surface area contributed by atoms with Gasteiger partial charge in [0.15, 0.2) is 0 Å². The van der Waals surface area contributed by atoms with Gasteiger partial charge in [0.2, 0.25) is 0 Å². The van der Waals surface area contributed by atoms with Crippen LogP contribution in [0.4, 0.5) is 13.2 Å². The van der Waals surface area contributed by atoms with Gasteiger partial charge in [0.05, 0.1) is 11.6 Å². The van der Waals surface area contributed by atoms with Crippen molar-refractivity contribution in [2.24, 2.45) is 0 Å². The van der Waals surface area contributed by atoms with Crippen LogP contribution < -0.4 is 5.32 Å². The van der Waals surface area contributed by atoms with Crippen LogP contribution in [-0.2, 0) is 11.0 Å².